The predicted molar refractivity (Wildman–Crippen MR) is 132 cm³/mol. The molecule has 0 spiro atoms. The van der Waals surface area contributed by atoms with Crippen molar-refractivity contribution >= 4 is 11.6 Å². The molecule has 1 aliphatic heterocycles. The minimum absolute atomic E-state index is 0.134. The van der Waals surface area contributed by atoms with Gasteiger partial charge in [0.2, 0.25) is 0 Å². The Bertz CT molecular complexity index is 1310. The quantitative estimate of drug-likeness (QED) is 0.396. The summed E-state index contributed by atoms with van der Waals surface area (Å²) in [6.07, 6.45) is -1.38. The number of benzene rings is 3. The molecule has 0 aliphatic carbocycles. The largest absolute Gasteiger partial charge is 0.471 e. The molecule has 1 aliphatic rings. The van der Waals surface area contributed by atoms with Crippen LogP contribution in [-0.4, -0.2) is 39.5 Å². The topological polar surface area (TPSA) is 52.2 Å². The highest BCUT2D eigenvalue weighted by atomic mass is 19.4. The maximum absolute atomic E-state index is 13.8. The molecular weight excluding hydrogens is 465 g/mol. The summed E-state index contributed by atoms with van der Waals surface area (Å²) in [7, 11) is 0. The number of carbonyl (C=O) groups is 1. The fraction of sp³-hybridized carbons (Fsp3) is 0.214. The SMILES string of the molecule is O=C(N1Cc2cc(-c3ccccc3)ccc2N(Cc2cnc[nH]2)C[C@H]1Cc1ccccc1)C(F)(F)F. The van der Waals surface area contributed by atoms with E-state index in [9.17, 15) is 18.0 Å². The van der Waals surface area contributed by atoms with E-state index in [0.717, 1.165) is 33.0 Å². The van der Waals surface area contributed by atoms with Gasteiger partial charge in [-0.1, -0.05) is 66.7 Å². The van der Waals surface area contributed by atoms with E-state index in [0.29, 0.717) is 18.5 Å². The molecule has 1 atom stereocenters. The number of carbonyl (C=O) groups excluding carboxylic acids is 1. The van der Waals surface area contributed by atoms with Crippen molar-refractivity contribution < 1.29 is 18.0 Å². The van der Waals surface area contributed by atoms with Crippen LogP contribution in [0.1, 0.15) is 16.8 Å². The first-order valence-electron chi connectivity index (χ1n) is 11.7. The van der Waals surface area contributed by atoms with Gasteiger partial charge in [0.1, 0.15) is 0 Å². The Kier molecular flexibility index (Phi) is 6.50. The van der Waals surface area contributed by atoms with Crippen LogP contribution >= 0.6 is 0 Å². The minimum Gasteiger partial charge on any atom is -0.363 e. The Morgan fingerprint density at radius 3 is 2.36 bits per heavy atom. The van der Waals surface area contributed by atoms with E-state index in [-0.39, 0.29) is 13.1 Å². The number of imidazole rings is 1. The number of aromatic amines is 1. The lowest BCUT2D eigenvalue weighted by Gasteiger charge is -2.33. The van der Waals surface area contributed by atoms with Crippen LogP contribution in [0.4, 0.5) is 18.9 Å². The Morgan fingerprint density at radius 2 is 1.69 bits per heavy atom. The molecule has 1 amide bonds. The summed E-state index contributed by atoms with van der Waals surface area (Å²) in [5.41, 5.74) is 5.03. The summed E-state index contributed by atoms with van der Waals surface area (Å²) in [4.78, 5) is 22.9. The third kappa shape index (κ3) is 5.12. The molecule has 36 heavy (non-hydrogen) atoms. The number of hydrogen-bond acceptors (Lipinski definition) is 3. The van der Waals surface area contributed by atoms with Gasteiger partial charge in [-0.25, -0.2) is 4.98 Å². The van der Waals surface area contributed by atoms with E-state index >= 15 is 0 Å². The summed E-state index contributed by atoms with van der Waals surface area (Å²) in [6.45, 7) is 0.537. The van der Waals surface area contributed by atoms with Crippen molar-refractivity contribution in [2.45, 2.75) is 31.7 Å². The van der Waals surface area contributed by atoms with Gasteiger partial charge >= 0.3 is 12.1 Å². The molecule has 5 rings (SSSR count). The van der Waals surface area contributed by atoms with Gasteiger partial charge in [0.15, 0.2) is 0 Å². The zero-order valence-electron chi connectivity index (χ0n) is 19.4. The van der Waals surface area contributed by atoms with Gasteiger partial charge in [-0.05, 0) is 40.8 Å². The van der Waals surface area contributed by atoms with Gasteiger partial charge in [0.25, 0.3) is 0 Å². The number of aromatic nitrogens is 2. The van der Waals surface area contributed by atoms with Crippen LogP contribution < -0.4 is 4.90 Å². The molecule has 1 aromatic heterocycles. The van der Waals surface area contributed by atoms with Crippen molar-refractivity contribution in [3.05, 3.63) is 108 Å². The summed E-state index contributed by atoms with van der Waals surface area (Å²) in [5.74, 6) is -1.82. The molecule has 0 saturated heterocycles. The first kappa shape index (κ1) is 23.7. The molecule has 0 saturated carbocycles. The molecule has 5 nitrogen and oxygen atoms in total. The Morgan fingerprint density at radius 1 is 0.972 bits per heavy atom. The number of halogens is 3. The van der Waals surface area contributed by atoms with E-state index in [1.54, 1.807) is 12.5 Å². The number of nitrogens with zero attached hydrogens (tertiary/aromatic N) is 3. The highest BCUT2D eigenvalue weighted by molar-refractivity contribution is 5.83. The smallest absolute Gasteiger partial charge is 0.363 e. The molecular formula is C28H25F3N4O. The summed E-state index contributed by atoms with van der Waals surface area (Å²) < 4.78 is 41.3. The van der Waals surface area contributed by atoms with Crippen molar-refractivity contribution in [2.24, 2.45) is 0 Å². The molecule has 0 unspecified atom stereocenters. The maximum Gasteiger partial charge on any atom is 0.471 e. The van der Waals surface area contributed by atoms with Crippen LogP contribution in [0, 0.1) is 0 Å². The fourth-order valence-corrected chi connectivity index (χ4v) is 4.78. The number of H-pyrrole nitrogens is 1. The van der Waals surface area contributed by atoms with Crippen LogP contribution in [0.15, 0.2) is 91.4 Å². The van der Waals surface area contributed by atoms with Gasteiger partial charge in [-0.15, -0.1) is 0 Å². The fourth-order valence-electron chi connectivity index (χ4n) is 4.78. The predicted octanol–water partition coefficient (Wildman–Crippen LogP) is 5.60. The highest BCUT2D eigenvalue weighted by Crippen LogP contribution is 2.35. The average Bonchev–Trinajstić information content (AvgIpc) is 3.34. The second kappa shape index (κ2) is 9.89. The lowest BCUT2D eigenvalue weighted by molar-refractivity contribution is -0.188. The highest BCUT2D eigenvalue weighted by Gasteiger charge is 2.46. The van der Waals surface area contributed by atoms with Crippen LogP contribution in [0.5, 0.6) is 0 Å². The second-order valence-electron chi connectivity index (χ2n) is 8.94. The zero-order valence-corrected chi connectivity index (χ0v) is 19.4. The van der Waals surface area contributed by atoms with Crippen LogP contribution in [0.3, 0.4) is 0 Å². The van der Waals surface area contributed by atoms with Gasteiger partial charge in [-0.2, -0.15) is 13.2 Å². The Balaban J connectivity index is 1.59. The van der Waals surface area contributed by atoms with E-state index in [1.807, 2.05) is 83.8 Å². The third-order valence-corrected chi connectivity index (χ3v) is 6.47. The number of alkyl halides is 3. The second-order valence-corrected chi connectivity index (χ2v) is 8.94. The van der Waals surface area contributed by atoms with Gasteiger partial charge in [0, 0.05) is 25.0 Å². The molecule has 0 radical (unpaired) electrons. The standard InChI is InChI=1S/C28H25F3N4O/c29-28(30,31)27(36)35-16-23-14-22(21-9-5-2-6-10-21)11-12-26(23)34(17-24-15-32-19-33-24)18-25(35)13-20-7-3-1-4-8-20/h1-12,14-15,19,25H,13,16-18H2,(H,32,33)/t25-/m1/s1. The van der Waals surface area contributed by atoms with Crippen LogP contribution in [0.25, 0.3) is 11.1 Å². The maximum atomic E-state index is 13.8. The van der Waals surface area contributed by atoms with Crippen molar-refractivity contribution in [3.63, 3.8) is 0 Å². The Labute approximate surface area is 207 Å². The molecule has 4 aromatic rings. The summed E-state index contributed by atoms with van der Waals surface area (Å²) in [5, 5.41) is 0. The molecule has 2 heterocycles. The molecule has 0 bridgehead atoms. The van der Waals surface area contributed by atoms with Crippen LogP contribution in [-0.2, 0) is 24.3 Å². The number of nitrogens with one attached hydrogen (secondary N) is 1. The molecule has 3 aromatic carbocycles. The van der Waals surface area contributed by atoms with Gasteiger partial charge in [-0.3, -0.25) is 4.79 Å². The van der Waals surface area contributed by atoms with Gasteiger partial charge in [0.05, 0.1) is 24.6 Å². The average molecular weight is 491 g/mol. The Hall–Kier alpha value is -4.07. The summed E-state index contributed by atoms with van der Waals surface area (Å²) in [6, 6.07) is 24.1. The lowest BCUT2D eigenvalue weighted by atomic mass is 10.0. The lowest BCUT2D eigenvalue weighted by Crippen LogP contribution is -2.50. The summed E-state index contributed by atoms with van der Waals surface area (Å²) >= 11 is 0. The number of fused-ring (bicyclic) bond motifs is 1. The minimum atomic E-state index is -4.97. The molecule has 0 fully saturated rings. The first-order chi connectivity index (χ1) is 17.4. The van der Waals surface area contributed by atoms with E-state index in [1.165, 1.54) is 0 Å². The van der Waals surface area contributed by atoms with Crippen molar-refractivity contribution in [1.82, 2.24) is 14.9 Å². The monoisotopic (exact) mass is 490 g/mol. The third-order valence-electron chi connectivity index (χ3n) is 6.47. The van der Waals surface area contributed by atoms with E-state index in [2.05, 4.69) is 9.97 Å². The number of hydrogen-bond donors (Lipinski definition) is 1. The molecule has 8 heteroatoms. The van der Waals surface area contributed by atoms with Crippen molar-refractivity contribution in [1.29, 1.82) is 0 Å². The normalized spacial score (nSPS) is 15.9. The first-order valence-corrected chi connectivity index (χ1v) is 11.7. The van der Waals surface area contributed by atoms with E-state index < -0.39 is 18.1 Å². The number of rotatable bonds is 5. The molecule has 184 valence electrons. The number of amides is 1. The van der Waals surface area contributed by atoms with Crippen molar-refractivity contribution in [2.75, 3.05) is 11.4 Å². The number of anilines is 1. The zero-order chi connectivity index (χ0) is 25.1. The van der Waals surface area contributed by atoms with Crippen molar-refractivity contribution in [3.8, 4) is 11.1 Å². The molecule has 1 N–H and O–H groups in total. The van der Waals surface area contributed by atoms with Crippen LogP contribution in [0.2, 0.25) is 0 Å². The van der Waals surface area contributed by atoms with Gasteiger partial charge < -0.3 is 14.8 Å². The van der Waals surface area contributed by atoms with E-state index in [4.69, 9.17) is 0 Å².